The molecule has 1 saturated carbocycles. The van der Waals surface area contributed by atoms with Gasteiger partial charge in [0.2, 0.25) is 8.32 Å². The van der Waals surface area contributed by atoms with Crippen LogP contribution in [0.3, 0.4) is 0 Å². The van der Waals surface area contributed by atoms with E-state index >= 15 is 0 Å². The highest BCUT2D eigenvalue weighted by Gasteiger charge is 2.58. The Morgan fingerprint density at radius 2 is 1.33 bits per heavy atom. The van der Waals surface area contributed by atoms with Crippen molar-refractivity contribution in [1.29, 1.82) is 0 Å². The largest absolute Gasteiger partial charge is 0.413 e. The summed E-state index contributed by atoms with van der Waals surface area (Å²) in [6.45, 7) is 48.8. The first-order valence-corrected chi connectivity index (χ1v) is 28.4. The third-order valence-corrected chi connectivity index (χ3v) is 28.4. The predicted octanol–water partition coefficient (Wildman–Crippen LogP) is 14.0. The normalized spacial score (nSPS) is 24.8. The fourth-order valence-electron chi connectivity index (χ4n) is 7.77. The lowest BCUT2D eigenvalue weighted by atomic mass is 9.80. The Labute approximate surface area is 322 Å². The summed E-state index contributed by atoms with van der Waals surface area (Å²) < 4.78 is 23.5. The van der Waals surface area contributed by atoms with Crippen molar-refractivity contribution in [3.63, 3.8) is 0 Å². The van der Waals surface area contributed by atoms with E-state index in [2.05, 4.69) is 179 Å². The molecule has 0 aliphatic heterocycles. The molecule has 0 aromatic heterocycles. The topological polar surface area (TPSA) is 44.8 Å². The van der Waals surface area contributed by atoms with E-state index in [1.54, 1.807) is 0 Å². The molecule has 0 saturated heterocycles. The standard InChI is InChI=1S/C41H81IO4Si3/c1-29(2)49(30(3)4,31(5)6)44-36(40(16,17)25-24-34(9)42)23-22-32(7)26-35-37(45-47(18,19)38(10,11)12)33(8)27-41(35,28-43)46-48(20,21)39(13,14)15/h24,26,28-31,33,35-37H,22-23,25,27H2,1-21H3/b32-26+,34-24+/t33-,35-,36?,37+,41-/m0/s1. The number of aldehydes is 1. The minimum atomic E-state index is -2.28. The van der Waals surface area contributed by atoms with Gasteiger partial charge in [-0.1, -0.05) is 122 Å². The Hall–Kier alpha value is 0.411. The van der Waals surface area contributed by atoms with Gasteiger partial charge in [0.05, 0.1) is 12.2 Å². The average Bonchev–Trinajstić information content (AvgIpc) is 3.14. The zero-order chi connectivity index (χ0) is 38.8. The summed E-state index contributed by atoms with van der Waals surface area (Å²) in [5.74, 6) is 0.0851. The first kappa shape index (κ1) is 47.4. The zero-order valence-corrected chi connectivity index (χ0v) is 41.3. The van der Waals surface area contributed by atoms with Crippen molar-refractivity contribution in [2.45, 2.75) is 214 Å². The monoisotopic (exact) mass is 848 g/mol. The summed E-state index contributed by atoms with van der Waals surface area (Å²) in [6, 6.07) is 0. The summed E-state index contributed by atoms with van der Waals surface area (Å²) in [7, 11) is -6.52. The smallest absolute Gasteiger partial charge is 0.200 e. The Morgan fingerprint density at radius 3 is 1.71 bits per heavy atom. The van der Waals surface area contributed by atoms with Crippen molar-refractivity contribution in [1.82, 2.24) is 0 Å². The molecular weight excluding hydrogens is 768 g/mol. The Balaban J connectivity index is 3.78. The number of rotatable bonds is 17. The van der Waals surface area contributed by atoms with Gasteiger partial charge < -0.3 is 18.1 Å². The molecule has 0 aromatic carbocycles. The van der Waals surface area contributed by atoms with E-state index in [9.17, 15) is 4.79 Å². The van der Waals surface area contributed by atoms with Crippen LogP contribution in [-0.2, 0) is 18.1 Å². The van der Waals surface area contributed by atoms with Crippen molar-refractivity contribution < 1.29 is 18.1 Å². The molecule has 0 N–H and O–H groups in total. The van der Waals surface area contributed by atoms with Gasteiger partial charge in [-0.2, -0.15) is 0 Å². The van der Waals surface area contributed by atoms with E-state index in [1.165, 1.54) is 9.15 Å². The van der Waals surface area contributed by atoms with E-state index in [0.29, 0.717) is 23.0 Å². The zero-order valence-electron chi connectivity index (χ0n) is 36.1. The van der Waals surface area contributed by atoms with Crippen LogP contribution in [-0.4, -0.2) is 49.0 Å². The lowest BCUT2D eigenvalue weighted by Crippen LogP contribution is -2.54. The fourth-order valence-corrected chi connectivity index (χ4v) is 16.7. The van der Waals surface area contributed by atoms with Gasteiger partial charge in [-0.05, 0) is 130 Å². The number of hydrogen-bond donors (Lipinski definition) is 0. The molecule has 1 unspecified atom stereocenters. The summed E-state index contributed by atoms with van der Waals surface area (Å²) in [4.78, 5) is 13.5. The van der Waals surface area contributed by atoms with Crippen LogP contribution in [0.1, 0.15) is 143 Å². The molecule has 1 aliphatic rings. The van der Waals surface area contributed by atoms with Gasteiger partial charge in [-0.15, -0.1) is 0 Å². The van der Waals surface area contributed by atoms with Crippen LogP contribution in [0.5, 0.6) is 0 Å². The maximum absolute atomic E-state index is 13.5. The number of carbonyl (C=O) groups excluding carboxylic acids is 1. The average molecular weight is 849 g/mol. The molecule has 0 heterocycles. The van der Waals surface area contributed by atoms with Crippen LogP contribution in [0, 0.1) is 17.3 Å². The van der Waals surface area contributed by atoms with Crippen molar-refractivity contribution >= 4 is 53.8 Å². The molecule has 5 atom stereocenters. The second-order valence-corrected chi connectivity index (χ2v) is 37.0. The molecule has 1 aliphatic carbocycles. The number of hydrogen-bond acceptors (Lipinski definition) is 4. The molecule has 0 aromatic rings. The third-order valence-electron chi connectivity index (χ3n) is 12.9. The first-order valence-electron chi connectivity index (χ1n) is 19.3. The van der Waals surface area contributed by atoms with Crippen LogP contribution in [0.4, 0.5) is 0 Å². The van der Waals surface area contributed by atoms with Crippen LogP contribution < -0.4 is 0 Å². The van der Waals surface area contributed by atoms with Crippen molar-refractivity contribution in [2.75, 3.05) is 0 Å². The maximum Gasteiger partial charge on any atom is 0.200 e. The van der Waals surface area contributed by atoms with Crippen molar-refractivity contribution in [3.8, 4) is 0 Å². The summed E-state index contributed by atoms with van der Waals surface area (Å²) >= 11 is 2.44. The number of carbonyl (C=O) groups is 1. The van der Waals surface area contributed by atoms with E-state index < -0.39 is 30.6 Å². The molecule has 0 radical (unpaired) electrons. The van der Waals surface area contributed by atoms with E-state index in [1.807, 2.05) is 0 Å². The first-order chi connectivity index (χ1) is 21.8. The number of allylic oxidation sites excluding steroid dienone is 3. The molecule has 4 nitrogen and oxygen atoms in total. The lowest BCUT2D eigenvalue weighted by Gasteiger charge is -2.48. The van der Waals surface area contributed by atoms with E-state index in [0.717, 1.165) is 25.5 Å². The van der Waals surface area contributed by atoms with Gasteiger partial charge in [-0.25, -0.2) is 0 Å². The van der Waals surface area contributed by atoms with E-state index in [-0.39, 0.29) is 39.5 Å². The molecule has 0 bridgehead atoms. The van der Waals surface area contributed by atoms with Gasteiger partial charge in [0.15, 0.2) is 22.9 Å². The van der Waals surface area contributed by atoms with Gasteiger partial charge in [0.25, 0.3) is 0 Å². The molecule has 1 rings (SSSR count). The molecule has 288 valence electrons. The highest BCUT2D eigenvalue weighted by atomic mass is 127. The van der Waals surface area contributed by atoms with Crippen LogP contribution >= 0.6 is 22.6 Å². The number of halogens is 1. The Morgan fingerprint density at radius 1 is 0.857 bits per heavy atom. The van der Waals surface area contributed by atoms with Gasteiger partial charge in [0.1, 0.15) is 5.60 Å². The highest BCUT2D eigenvalue weighted by Crippen LogP contribution is 2.52. The van der Waals surface area contributed by atoms with Crippen molar-refractivity contribution in [2.24, 2.45) is 17.3 Å². The quantitative estimate of drug-likeness (QED) is 0.0633. The van der Waals surface area contributed by atoms with Crippen molar-refractivity contribution in [3.05, 3.63) is 21.3 Å². The maximum atomic E-state index is 13.5. The van der Waals surface area contributed by atoms with Gasteiger partial charge in [0, 0.05) is 5.92 Å². The second kappa shape index (κ2) is 17.3. The summed E-state index contributed by atoms with van der Waals surface area (Å²) in [6.07, 6.45) is 9.58. The van der Waals surface area contributed by atoms with Crippen LogP contribution in [0.15, 0.2) is 21.3 Å². The summed E-state index contributed by atoms with van der Waals surface area (Å²) in [5.41, 5.74) is 1.99. The van der Waals surface area contributed by atoms with Crippen LogP contribution in [0.2, 0.25) is 52.9 Å². The SMILES string of the molecule is C/C(I)=C\CC(C)(C)C(CC/C(C)=C/[C@H]1[C@H](O[Si](C)(C)C(C)(C)C)[C@@H](C)C[C@@]1(C=O)O[Si](C)(C)C(C)(C)C)O[Si](C(C)C)(C(C)C)C(C)C. The fraction of sp³-hybridized carbons (Fsp3) is 0.878. The summed E-state index contributed by atoms with van der Waals surface area (Å²) in [5, 5.41) is 0.0672. The Bertz CT molecular complexity index is 1120. The molecule has 8 heteroatoms. The van der Waals surface area contributed by atoms with Gasteiger partial charge in [-0.3, -0.25) is 0 Å². The van der Waals surface area contributed by atoms with E-state index in [4.69, 9.17) is 13.3 Å². The molecule has 0 amide bonds. The Kier molecular flexibility index (Phi) is 16.7. The second-order valence-electron chi connectivity index (χ2n) is 20.4. The molecular formula is C41H81IO4Si3. The minimum Gasteiger partial charge on any atom is -0.413 e. The molecule has 49 heavy (non-hydrogen) atoms. The molecule has 1 fully saturated rings. The van der Waals surface area contributed by atoms with Gasteiger partial charge >= 0.3 is 0 Å². The highest BCUT2D eigenvalue weighted by molar-refractivity contribution is 14.1. The lowest BCUT2D eigenvalue weighted by molar-refractivity contribution is -0.125. The molecule has 0 spiro atoms. The third kappa shape index (κ3) is 11.5. The minimum absolute atomic E-state index is 0.00550. The predicted molar refractivity (Wildman–Crippen MR) is 232 cm³/mol. The van der Waals surface area contributed by atoms with Crippen LogP contribution in [0.25, 0.3) is 0 Å².